The topological polar surface area (TPSA) is 61.9 Å². The second-order valence-corrected chi connectivity index (χ2v) is 6.29. The van der Waals surface area contributed by atoms with Crippen LogP contribution in [0.4, 0.5) is 5.69 Å². The van der Waals surface area contributed by atoms with E-state index in [0.717, 1.165) is 38.2 Å². The molecule has 0 bridgehead atoms. The Kier molecular flexibility index (Phi) is 7.08. The molecule has 2 aliphatic rings. The van der Waals surface area contributed by atoms with E-state index in [4.69, 9.17) is 4.74 Å². The number of nitrogens with one attached hydrogen (secondary N) is 1. The first kappa shape index (κ1) is 19.5. The van der Waals surface area contributed by atoms with Crippen molar-refractivity contribution in [1.29, 1.82) is 0 Å². The van der Waals surface area contributed by atoms with Gasteiger partial charge in [0.2, 0.25) is 5.91 Å². The summed E-state index contributed by atoms with van der Waals surface area (Å²) in [5.41, 5.74) is 0.756. The molecule has 6 nitrogen and oxygen atoms in total. The monoisotopic (exact) mass is 367 g/mol. The first-order valence-electron chi connectivity index (χ1n) is 8.73. The SMILES string of the molecule is CCCN(C(=O)CCN1C(=O)COc2ccccc21)C1CCNC1.Cl. The van der Waals surface area contributed by atoms with Crippen LogP contribution in [0.2, 0.25) is 0 Å². The number of para-hydroxylation sites is 2. The molecule has 0 aliphatic carbocycles. The average Bonchev–Trinajstić information content (AvgIpc) is 3.12. The second kappa shape index (κ2) is 9.06. The molecule has 0 radical (unpaired) electrons. The zero-order chi connectivity index (χ0) is 16.9. The van der Waals surface area contributed by atoms with Crippen LogP contribution in [0.15, 0.2) is 24.3 Å². The lowest BCUT2D eigenvalue weighted by Crippen LogP contribution is -2.45. The minimum atomic E-state index is -0.0916. The van der Waals surface area contributed by atoms with Gasteiger partial charge in [-0.15, -0.1) is 12.4 Å². The molecule has 1 aromatic rings. The van der Waals surface area contributed by atoms with Crippen molar-refractivity contribution >= 4 is 29.9 Å². The molecule has 1 atom stereocenters. The smallest absolute Gasteiger partial charge is 0.265 e. The van der Waals surface area contributed by atoms with Crippen molar-refractivity contribution in [2.45, 2.75) is 32.2 Å². The van der Waals surface area contributed by atoms with Crippen molar-refractivity contribution in [3.05, 3.63) is 24.3 Å². The van der Waals surface area contributed by atoms with Gasteiger partial charge in [0.1, 0.15) is 5.75 Å². The maximum Gasteiger partial charge on any atom is 0.265 e. The molecule has 0 aromatic heterocycles. The summed E-state index contributed by atoms with van der Waals surface area (Å²) in [4.78, 5) is 28.6. The van der Waals surface area contributed by atoms with E-state index in [1.165, 1.54) is 0 Å². The Morgan fingerprint density at radius 1 is 1.40 bits per heavy atom. The molecule has 0 saturated carbocycles. The van der Waals surface area contributed by atoms with Gasteiger partial charge >= 0.3 is 0 Å². The highest BCUT2D eigenvalue weighted by Crippen LogP contribution is 2.31. The third kappa shape index (κ3) is 4.44. The first-order chi connectivity index (χ1) is 11.7. The predicted octanol–water partition coefficient (Wildman–Crippen LogP) is 1.82. The molecule has 2 aliphatic heterocycles. The van der Waals surface area contributed by atoms with Crippen molar-refractivity contribution in [3.8, 4) is 5.75 Å². The summed E-state index contributed by atoms with van der Waals surface area (Å²) in [6, 6.07) is 7.76. The summed E-state index contributed by atoms with van der Waals surface area (Å²) in [7, 11) is 0. The maximum absolute atomic E-state index is 12.7. The first-order valence-corrected chi connectivity index (χ1v) is 8.73. The normalized spacial score (nSPS) is 19.0. The molecule has 138 valence electrons. The van der Waals surface area contributed by atoms with Crippen LogP contribution in [0.25, 0.3) is 0 Å². The summed E-state index contributed by atoms with van der Waals surface area (Å²) >= 11 is 0. The number of nitrogens with zero attached hydrogens (tertiary/aromatic N) is 2. The molecule has 0 spiro atoms. The maximum atomic E-state index is 12.7. The van der Waals surface area contributed by atoms with Gasteiger partial charge in [-0.1, -0.05) is 19.1 Å². The van der Waals surface area contributed by atoms with Crippen molar-refractivity contribution in [2.75, 3.05) is 37.7 Å². The Morgan fingerprint density at radius 2 is 2.20 bits per heavy atom. The number of halogens is 1. The Bertz CT molecular complexity index is 605. The van der Waals surface area contributed by atoms with Crippen LogP contribution in [-0.2, 0) is 9.59 Å². The van der Waals surface area contributed by atoms with Crippen LogP contribution in [0.3, 0.4) is 0 Å². The summed E-state index contributed by atoms with van der Waals surface area (Å²) in [6.45, 7) is 5.14. The number of anilines is 1. The summed E-state index contributed by atoms with van der Waals surface area (Å²) in [6.07, 6.45) is 2.29. The fourth-order valence-electron chi connectivity index (χ4n) is 3.41. The van der Waals surface area contributed by atoms with E-state index in [9.17, 15) is 9.59 Å². The summed E-state index contributed by atoms with van der Waals surface area (Å²) in [5, 5.41) is 3.32. The van der Waals surface area contributed by atoms with Crippen LogP contribution in [0.5, 0.6) is 5.75 Å². The lowest BCUT2D eigenvalue weighted by atomic mass is 10.1. The molecular formula is C18H26ClN3O3. The lowest BCUT2D eigenvalue weighted by Gasteiger charge is -2.32. The molecule has 1 saturated heterocycles. The summed E-state index contributed by atoms with van der Waals surface area (Å²) < 4.78 is 5.45. The van der Waals surface area contributed by atoms with Gasteiger partial charge in [0, 0.05) is 32.1 Å². The molecule has 2 heterocycles. The van der Waals surface area contributed by atoms with Crippen molar-refractivity contribution in [1.82, 2.24) is 10.2 Å². The number of carbonyl (C=O) groups is 2. The zero-order valence-electron chi connectivity index (χ0n) is 14.6. The van der Waals surface area contributed by atoms with Crippen molar-refractivity contribution < 1.29 is 14.3 Å². The van der Waals surface area contributed by atoms with Gasteiger partial charge in [-0.25, -0.2) is 0 Å². The molecule has 3 rings (SSSR count). The van der Waals surface area contributed by atoms with Gasteiger partial charge in [0.15, 0.2) is 6.61 Å². The van der Waals surface area contributed by atoms with Crippen LogP contribution >= 0.6 is 12.4 Å². The van der Waals surface area contributed by atoms with Crippen LogP contribution < -0.4 is 15.0 Å². The van der Waals surface area contributed by atoms with Gasteiger partial charge in [0.05, 0.1) is 5.69 Å². The van der Waals surface area contributed by atoms with Gasteiger partial charge in [-0.2, -0.15) is 0 Å². The third-order valence-corrected chi connectivity index (χ3v) is 4.62. The van der Waals surface area contributed by atoms with E-state index < -0.39 is 0 Å². The number of benzene rings is 1. The number of hydrogen-bond acceptors (Lipinski definition) is 4. The number of rotatable bonds is 6. The van der Waals surface area contributed by atoms with E-state index in [2.05, 4.69) is 12.2 Å². The van der Waals surface area contributed by atoms with E-state index in [1.54, 1.807) is 4.90 Å². The van der Waals surface area contributed by atoms with E-state index in [1.807, 2.05) is 29.2 Å². The Morgan fingerprint density at radius 3 is 2.92 bits per heavy atom. The number of ether oxygens (including phenoxy) is 1. The fourth-order valence-corrected chi connectivity index (χ4v) is 3.41. The lowest BCUT2D eigenvalue weighted by molar-refractivity contribution is -0.133. The van der Waals surface area contributed by atoms with E-state index in [0.29, 0.717) is 18.7 Å². The van der Waals surface area contributed by atoms with E-state index >= 15 is 0 Å². The van der Waals surface area contributed by atoms with Crippen LogP contribution in [-0.4, -0.2) is 55.5 Å². The Labute approximate surface area is 154 Å². The van der Waals surface area contributed by atoms with Gasteiger partial charge < -0.3 is 19.9 Å². The standard InChI is InChI=1S/C18H25N3O3.ClH/c1-2-10-20(14-7-9-19-12-14)17(22)8-11-21-15-5-3-4-6-16(15)24-13-18(21)23;/h3-6,14,19H,2,7-13H2,1H3;1H. The molecule has 7 heteroatoms. The number of carbonyl (C=O) groups excluding carboxylic acids is 2. The molecule has 1 unspecified atom stereocenters. The second-order valence-electron chi connectivity index (χ2n) is 6.29. The van der Waals surface area contributed by atoms with Crippen LogP contribution in [0.1, 0.15) is 26.2 Å². The summed E-state index contributed by atoms with van der Waals surface area (Å²) in [5.74, 6) is 0.739. The largest absolute Gasteiger partial charge is 0.482 e. The predicted molar refractivity (Wildman–Crippen MR) is 99.4 cm³/mol. The number of fused-ring (bicyclic) bond motifs is 1. The average molecular weight is 368 g/mol. The molecule has 1 fully saturated rings. The number of hydrogen-bond donors (Lipinski definition) is 1. The van der Waals surface area contributed by atoms with Gasteiger partial charge in [0.25, 0.3) is 5.91 Å². The molecular weight excluding hydrogens is 342 g/mol. The minimum Gasteiger partial charge on any atom is -0.482 e. The highest BCUT2D eigenvalue weighted by Gasteiger charge is 2.29. The van der Waals surface area contributed by atoms with Gasteiger partial charge in [-0.3, -0.25) is 9.59 Å². The molecule has 1 N–H and O–H groups in total. The Hall–Kier alpha value is -1.79. The molecule has 2 amide bonds. The molecule has 1 aromatic carbocycles. The quantitative estimate of drug-likeness (QED) is 0.833. The van der Waals surface area contributed by atoms with Crippen LogP contribution in [0, 0.1) is 0 Å². The molecule has 25 heavy (non-hydrogen) atoms. The fraction of sp³-hybridized carbons (Fsp3) is 0.556. The number of amides is 2. The van der Waals surface area contributed by atoms with Gasteiger partial charge in [-0.05, 0) is 31.5 Å². The van der Waals surface area contributed by atoms with Crippen molar-refractivity contribution in [3.63, 3.8) is 0 Å². The highest BCUT2D eigenvalue weighted by atomic mass is 35.5. The van der Waals surface area contributed by atoms with Crippen molar-refractivity contribution in [2.24, 2.45) is 0 Å². The van der Waals surface area contributed by atoms with E-state index in [-0.39, 0.29) is 36.9 Å². The third-order valence-electron chi connectivity index (χ3n) is 4.62. The highest BCUT2D eigenvalue weighted by molar-refractivity contribution is 5.98. The minimum absolute atomic E-state index is 0. The zero-order valence-corrected chi connectivity index (χ0v) is 15.4. The Balaban J connectivity index is 0.00000225.